The molecule has 5 aromatic rings. The van der Waals surface area contributed by atoms with Gasteiger partial charge in [-0.05, 0) is 37.6 Å². The number of pyridine rings is 3. The summed E-state index contributed by atoms with van der Waals surface area (Å²) >= 11 is 0. The molecule has 2 atom stereocenters. The zero-order valence-electron chi connectivity index (χ0n) is 21.8. The number of fused-ring (bicyclic) bond motifs is 5. The van der Waals surface area contributed by atoms with E-state index >= 15 is 4.39 Å². The topological polar surface area (TPSA) is 106 Å². The number of halogens is 2. The van der Waals surface area contributed by atoms with Crippen molar-refractivity contribution in [3.8, 4) is 11.1 Å². The van der Waals surface area contributed by atoms with Gasteiger partial charge in [-0.15, -0.1) is 0 Å². The number of rotatable bonds is 4. The van der Waals surface area contributed by atoms with Crippen LogP contribution in [0, 0.1) is 17.6 Å². The van der Waals surface area contributed by atoms with E-state index in [4.69, 9.17) is 0 Å². The Balaban J connectivity index is 1.57. The minimum absolute atomic E-state index is 0.115. The number of carboxylic acids is 1. The number of carbonyl (C=O) groups is 1. The van der Waals surface area contributed by atoms with E-state index in [1.54, 1.807) is 31.6 Å². The predicted molar refractivity (Wildman–Crippen MR) is 149 cm³/mol. The predicted octanol–water partition coefficient (Wildman–Crippen LogP) is 4.15. The molecule has 2 saturated heterocycles. The van der Waals surface area contributed by atoms with Gasteiger partial charge in [-0.1, -0.05) is 6.07 Å². The molecule has 204 valence electrons. The van der Waals surface area contributed by atoms with Gasteiger partial charge >= 0.3 is 5.97 Å². The molecule has 2 aliphatic heterocycles. The van der Waals surface area contributed by atoms with E-state index in [0.717, 1.165) is 32.1 Å². The summed E-state index contributed by atoms with van der Waals surface area (Å²) in [6.45, 7) is 2.51. The van der Waals surface area contributed by atoms with Crippen molar-refractivity contribution in [3.63, 3.8) is 0 Å². The van der Waals surface area contributed by atoms with Crippen LogP contribution in [0.4, 0.5) is 20.2 Å². The average Bonchev–Trinajstić information content (AvgIpc) is 3.62. The molecule has 2 aliphatic rings. The first-order chi connectivity index (χ1) is 19.3. The largest absolute Gasteiger partial charge is 0.477 e. The van der Waals surface area contributed by atoms with E-state index in [9.17, 15) is 19.1 Å². The van der Waals surface area contributed by atoms with E-state index in [1.165, 1.54) is 10.5 Å². The number of anilines is 2. The van der Waals surface area contributed by atoms with Crippen molar-refractivity contribution < 1.29 is 18.7 Å². The number of aromatic nitrogens is 3. The van der Waals surface area contributed by atoms with Crippen LogP contribution >= 0.6 is 0 Å². The van der Waals surface area contributed by atoms with Crippen molar-refractivity contribution in [2.45, 2.75) is 12.5 Å². The number of nitrogens with one attached hydrogen (secondary N) is 2. The molecule has 6 heterocycles. The molecule has 4 aromatic heterocycles. The van der Waals surface area contributed by atoms with Gasteiger partial charge in [0.15, 0.2) is 11.6 Å². The number of benzene rings is 1. The van der Waals surface area contributed by atoms with Crippen molar-refractivity contribution in [1.29, 1.82) is 0 Å². The first-order valence-corrected chi connectivity index (χ1v) is 13.1. The summed E-state index contributed by atoms with van der Waals surface area (Å²) in [6.07, 6.45) is 4.23. The summed E-state index contributed by atoms with van der Waals surface area (Å²) in [6, 6.07) is 7.74. The lowest BCUT2D eigenvalue weighted by Crippen LogP contribution is -2.35. The Bertz CT molecular complexity index is 1930. The minimum atomic E-state index is -1.31. The monoisotopic (exact) mass is 544 g/mol. The fourth-order valence-electron chi connectivity index (χ4n) is 6.61. The Kier molecular flexibility index (Phi) is 5.36. The van der Waals surface area contributed by atoms with E-state index in [1.807, 2.05) is 6.07 Å². The molecule has 0 amide bonds. The maximum absolute atomic E-state index is 15.6. The third-order valence-corrected chi connectivity index (χ3v) is 8.44. The fourth-order valence-corrected chi connectivity index (χ4v) is 6.61. The lowest BCUT2D eigenvalue weighted by molar-refractivity contribution is 0.0694. The first-order valence-electron chi connectivity index (χ1n) is 13.1. The number of likely N-dealkylation sites (N-methyl/N-ethyl adjacent to an activating group) is 1. The molecule has 3 N–H and O–H groups in total. The van der Waals surface area contributed by atoms with E-state index in [0.29, 0.717) is 50.5 Å². The van der Waals surface area contributed by atoms with Crippen molar-refractivity contribution in [2.24, 2.45) is 5.92 Å². The molecule has 0 aliphatic carbocycles. The Hall–Kier alpha value is -4.51. The Morgan fingerprint density at radius 1 is 1.18 bits per heavy atom. The molecule has 2 fully saturated rings. The Morgan fingerprint density at radius 3 is 2.75 bits per heavy atom. The van der Waals surface area contributed by atoms with Crippen LogP contribution < -0.4 is 15.8 Å². The lowest BCUT2D eigenvalue weighted by Gasteiger charge is -2.29. The van der Waals surface area contributed by atoms with Gasteiger partial charge in [0, 0.05) is 67.8 Å². The first kappa shape index (κ1) is 24.5. The number of nitrogens with zero attached hydrogens (tertiary/aromatic N) is 4. The zero-order chi connectivity index (χ0) is 27.9. The molecule has 2 unspecified atom stereocenters. The second-order valence-corrected chi connectivity index (χ2v) is 10.7. The zero-order valence-corrected chi connectivity index (χ0v) is 21.8. The van der Waals surface area contributed by atoms with Crippen molar-refractivity contribution in [1.82, 2.24) is 19.3 Å². The van der Waals surface area contributed by atoms with Crippen LogP contribution in [0.15, 0.2) is 47.5 Å². The summed E-state index contributed by atoms with van der Waals surface area (Å²) < 4.78 is 31.8. The molecule has 40 heavy (non-hydrogen) atoms. The normalized spacial score (nSPS) is 19.2. The number of hydrogen-bond donors (Lipinski definition) is 3. The maximum Gasteiger partial charge on any atom is 0.341 e. The highest BCUT2D eigenvalue weighted by Crippen LogP contribution is 2.46. The number of aromatic carboxylic acids is 1. The van der Waals surface area contributed by atoms with Gasteiger partial charge in [-0.2, -0.15) is 0 Å². The van der Waals surface area contributed by atoms with Crippen molar-refractivity contribution in [3.05, 3.63) is 70.3 Å². The van der Waals surface area contributed by atoms with Crippen LogP contribution in [0.5, 0.6) is 0 Å². The smallest absolute Gasteiger partial charge is 0.341 e. The molecule has 9 nitrogen and oxygen atoms in total. The van der Waals surface area contributed by atoms with Crippen LogP contribution in [0.25, 0.3) is 38.6 Å². The molecule has 0 bridgehead atoms. The highest BCUT2D eigenvalue weighted by atomic mass is 19.2. The molecule has 0 spiro atoms. The number of carboxylic acid groups (broad SMARTS) is 1. The summed E-state index contributed by atoms with van der Waals surface area (Å²) in [7, 11) is 3.73. The molecular formula is C29H26F2N6O3. The number of hydrogen-bond acceptors (Lipinski definition) is 6. The summed E-state index contributed by atoms with van der Waals surface area (Å²) in [5, 5.41) is 13.0. The van der Waals surface area contributed by atoms with Gasteiger partial charge in [0.1, 0.15) is 11.2 Å². The second-order valence-electron chi connectivity index (χ2n) is 10.7. The SMILES string of the molecule is CNc1cc(F)c(F)c2c1[nH]c1ncc(-c3ccc4ccc(C(=O)O)c(=O)n4c3)c(N3CCC4CN(C)CC43)c12. The van der Waals surface area contributed by atoms with E-state index < -0.39 is 23.2 Å². The van der Waals surface area contributed by atoms with Crippen LogP contribution in [0.1, 0.15) is 16.8 Å². The highest BCUT2D eigenvalue weighted by molar-refractivity contribution is 6.18. The molecule has 11 heteroatoms. The van der Waals surface area contributed by atoms with Crippen molar-refractivity contribution >= 4 is 44.8 Å². The number of likely N-dealkylation sites (tertiary alicyclic amines) is 1. The Labute approximate surface area is 226 Å². The Morgan fingerprint density at radius 2 is 1.98 bits per heavy atom. The van der Waals surface area contributed by atoms with E-state index in [2.05, 4.69) is 32.1 Å². The van der Waals surface area contributed by atoms with Gasteiger partial charge in [0.2, 0.25) is 0 Å². The standard InChI is InChI=1S/C29H26F2N6O3/c1-32-20-9-19(30)24(31)22-23-26(36-8-7-15-11-35(2)13-21(15)36)18(10-33-27(23)34-25(20)22)14-3-4-16-5-6-17(29(39)40)28(38)37(16)12-14/h3-6,9-10,12,15,21,32H,7-8,11,13H2,1-2H3,(H,33,34)(H,39,40). The second kappa shape index (κ2) is 8.75. The molecular weight excluding hydrogens is 518 g/mol. The summed E-state index contributed by atoms with van der Waals surface area (Å²) in [5.74, 6) is -2.80. The fraction of sp³-hybridized carbons (Fsp3) is 0.276. The highest BCUT2D eigenvalue weighted by Gasteiger charge is 2.42. The van der Waals surface area contributed by atoms with Gasteiger partial charge in [-0.3, -0.25) is 9.20 Å². The minimum Gasteiger partial charge on any atom is -0.477 e. The van der Waals surface area contributed by atoms with Crippen molar-refractivity contribution in [2.75, 3.05) is 43.9 Å². The quantitative estimate of drug-likeness (QED) is 0.312. The van der Waals surface area contributed by atoms with E-state index in [-0.39, 0.29) is 17.0 Å². The summed E-state index contributed by atoms with van der Waals surface area (Å²) in [5.41, 5.74) is 2.77. The van der Waals surface area contributed by atoms with Gasteiger partial charge < -0.3 is 25.2 Å². The van der Waals surface area contributed by atoms with Crippen LogP contribution in [-0.2, 0) is 0 Å². The number of aromatic amines is 1. The van der Waals surface area contributed by atoms with Gasteiger partial charge in [0.05, 0.1) is 27.7 Å². The third kappa shape index (κ3) is 3.43. The van der Waals surface area contributed by atoms with Crippen LogP contribution in [0.2, 0.25) is 0 Å². The van der Waals surface area contributed by atoms with Gasteiger partial charge in [0.25, 0.3) is 5.56 Å². The molecule has 0 saturated carbocycles. The maximum atomic E-state index is 15.6. The third-order valence-electron chi connectivity index (χ3n) is 8.44. The molecule has 7 rings (SSSR count). The summed E-state index contributed by atoms with van der Waals surface area (Å²) in [4.78, 5) is 37.0. The average molecular weight is 545 g/mol. The number of H-pyrrole nitrogens is 1. The van der Waals surface area contributed by atoms with Crippen LogP contribution in [0.3, 0.4) is 0 Å². The molecule has 0 radical (unpaired) electrons. The molecule has 1 aromatic carbocycles. The van der Waals surface area contributed by atoms with Gasteiger partial charge in [-0.25, -0.2) is 18.6 Å². The van der Waals surface area contributed by atoms with Crippen LogP contribution in [-0.4, -0.2) is 70.1 Å². The lowest BCUT2D eigenvalue weighted by atomic mass is 10.00.